The molecule has 1 rings (SSSR count). The smallest absolute Gasteiger partial charge is 0.333 e. The van der Waals surface area contributed by atoms with Crippen molar-refractivity contribution in [2.75, 3.05) is 6.26 Å². The molecule has 1 aromatic rings. The number of thioether (sulfide) groups is 1. The molecule has 0 bridgehead atoms. The quantitative estimate of drug-likeness (QED) is 0.561. The number of hydrogen-bond donors (Lipinski definition) is 3. The zero-order valence-electron chi connectivity index (χ0n) is 13.6. The number of amidine groups is 1. The maximum absolute atomic E-state index is 11.8. The van der Waals surface area contributed by atoms with Crippen LogP contribution >= 0.6 is 23.4 Å². The highest BCUT2D eigenvalue weighted by Crippen LogP contribution is 2.09. The van der Waals surface area contributed by atoms with Gasteiger partial charge in [0.25, 0.3) is 0 Å². The van der Waals surface area contributed by atoms with E-state index < -0.39 is 12.1 Å². The van der Waals surface area contributed by atoms with Crippen LogP contribution < -0.4 is 16.0 Å². The molecule has 126 valence electrons. The molecule has 0 spiro atoms. The lowest BCUT2D eigenvalue weighted by atomic mass is 10.1. The van der Waals surface area contributed by atoms with E-state index in [0.29, 0.717) is 11.6 Å². The molecule has 4 amide bonds. The first kappa shape index (κ1) is 19.3. The van der Waals surface area contributed by atoms with Gasteiger partial charge < -0.3 is 10.6 Å². The molecule has 1 aromatic carbocycles. The van der Waals surface area contributed by atoms with Crippen molar-refractivity contribution in [1.29, 1.82) is 0 Å². The van der Waals surface area contributed by atoms with Gasteiger partial charge in [0.05, 0.1) is 0 Å². The van der Waals surface area contributed by atoms with Crippen LogP contribution in [0.4, 0.5) is 9.59 Å². The lowest BCUT2D eigenvalue weighted by molar-refractivity contribution is 0.237. The summed E-state index contributed by atoms with van der Waals surface area (Å²) in [6, 6.07) is 6.19. The van der Waals surface area contributed by atoms with Crippen molar-refractivity contribution in [3.63, 3.8) is 0 Å². The van der Waals surface area contributed by atoms with E-state index in [1.54, 1.807) is 18.4 Å². The molecule has 0 radical (unpaired) electrons. The van der Waals surface area contributed by atoms with E-state index >= 15 is 0 Å². The van der Waals surface area contributed by atoms with Gasteiger partial charge in [-0.15, -0.1) is 0 Å². The number of benzene rings is 1. The second-order valence-electron chi connectivity index (χ2n) is 5.74. The zero-order valence-corrected chi connectivity index (χ0v) is 15.1. The van der Waals surface area contributed by atoms with Gasteiger partial charge in [-0.1, -0.05) is 35.5 Å². The van der Waals surface area contributed by atoms with Crippen LogP contribution in [0.5, 0.6) is 0 Å². The number of nitrogens with one attached hydrogen (secondary N) is 3. The van der Waals surface area contributed by atoms with Gasteiger partial charge in [-0.05, 0) is 44.7 Å². The van der Waals surface area contributed by atoms with Crippen LogP contribution in [0, 0.1) is 0 Å². The summed E-state index contributed by atoms with van der Waals surface area (Å²) < 4.78 is 0. The average Bonchev–Trinajstić information content (AvgIpc) is 2.44. The van der Waals surface area contributed by atoms with E-state index in [4.69, 9.17) is 11.6 Å². The number of nitrogens with zero attached hydrogens (tertiary/aromatic N) is 1. The molecule has 0 heterocycles. The van der Waals surface area contributed by atoms with Gasteiger partial charge in [0, 0.05) is 17.1 Å². The topological polar surface area (TPSA) is 82.6 Å². The molecular formula is C15H21ClN4O2S. The second kappa shape index (κ2) is 8.79. The van der Waals surface area contributed by atoms with E-state index in [2.05, 4.69) is 20.9 Å². The van der Waals surface area contributed by atoms with Crippen molar-refractivity contribution in [2.45, 2.75) is 32.9 Å². The normalized spacial score (nSPS) is 11.8. The summed E-state index contributed by atoms with van der Waals surface area (Å²) in [5.41, 5.74) is 0.534. The van der Waals surface area contributed by atoms with Gasteiger partial charge in [-0.3, -0.25) is 5.32 Å². The average molecular weight is 357 g/mol. The van der Waals surface area contributed by atoms with Crippen molar-refractivity contribution in [1.82, 2.24) is 16.0 Å². The largest absolute Gasteiger partial charge is 0.343 e. The summed E-state index contributed by atoms with van der Waals surface area (Å²) >= 11 is 6.97. The number of amides is 4. The molecule has 0 fully saturated rings. The number of urea groups is 2. The van der Waals surface area contributed by atoms with Crippen molar-refractivity contribution in [2.24, 2.45) is 4.99 Å². The zero-order chi connectivity index (χ0) is 17.5. The highest BCUT2D eigenvalue weighted by molar-refractivity contribution is 8.13. The molecule has 23 heavy (non-hydrogen) atoms. The van der Waals surface area contributed by atoms with Crippen LogP contribution in [0.25, 0.3) is 0 Å². The first-order chi connectivity index (χ1) is 10.7. The Balaban J connectivity index is 2.54. The van der Waals surface area contributed by atoms with Gasteiger partial charge in [-0.25, -0.2) is 9.59 Å². The number of aliphatic imine (C=N–C) groups is 1. The molecule has 0 aliphatic rings. The Hall–Kier alpha value is -1.73. The van der Waals surface area contributed by atoms with Crippen molar-refractivity contribution in [3.05, 3.63) is 34.9 Å². The van der Waals surface area contributed by atoms with E-state index in [-0.39, 0.29) is 10.7 Å². The first-order valence-corrected chi connectivity index (χ1v) is 8.54. The fourth-order valence-electron chi connectivity index (χ4n) is 1.51. The van der Waals surface area contributed by atoms with Crippen LogP contribution in [-0.2, 0) is 6.54 Å². The molecule has 0 aromatic heterocycles. The number of carbonyl (C=O) groups is 2. The number of halogens is 1. The first-order valence-electron chi connectivity index (χ1n) is 6.94. The second-order valence-corrected chi connectivity index (χ2v) is 6.97. The molecule has 0 aliphatic heterocycles. The van der Waals surface area contributed by atoms with Gasteiger partial charge in [-0.2, -0.15) is 4.99 Å². The highest BCUT2D eigenvalue weighted by atomic mass is 35.5. The molecular weight excluding hydrogens is 336 g/mol. The predicted octanol–water partition coefficient (Wildman–Crippen LogP) is 3.37. The van der Waals surface area contributed by atoms with E-state index in [1.807, 2.05) is 32.9 Å². The molecule has 6 nitrogen and oxygen atoms in total. The maximum Gasteiger partial charge on any atom is 0.343 e. The maximum atomic E-state index is 11.8. The third-order valence-electron chi connectivity index (χ3n) is 2.46. The standard InChI is InChI=1S/C15H21ClN4O2S/c1-15(2,3)20-13(22)19-14(23-4)18-12(21)17-9-10-5-7-11(16)8-6-10/h5-8H,9H2,1-4H3,(H3,17,18,19,20,21,22). The fourth-order valence-corrected chi connectivity index (χ4v) is 2.00. The summed E-state index contributed by atoms with van der Waals surface area (Å²) in [7, 11) is 0. The third kappa shape index (κ3) is 8.47. The van der Waals surface area contributed by atoms with Crippen LogP contribution in [0.2, 0.25) is 5.02 Å². The van der Waals surface area contributed by atoms with E-state index in [9.17, 15) is 9.59 Å². The summed E-state index contributed by atoms with van der Waals surface area (Å²) in [6.45, 7) is 5.92. The molecule has 0 atom stereocenters. The van der Waals surface area contributed by atoms with Crippen LogP contribution in [0.15, 0.2) is 29.3 Å². The summed E-state index contributed by atoms with van der Waals surface area (Å²) in [5, 5.41) is 8.78. The minimum Gasteiger partial charge on any atom is -0.333 e. The summed E-state index contributed by atoms with van der Waals surface area (Å²) in [5.74, 6) is 0. The molecule has 0 saturated carbocycles. The Bertz CT molecular complexity index is 582. The highest BCUT2D eigenvalue weighted by Gasteiger charge is 2.15. The fraction of sp³-hybridized carbons (Fsp3) is 0.400. The van der Waals surface area contributed by atoms with E-state index in [1.165, 1.54) is 11.8 Å². The third-order valence-corrected chi connectivity index (χ3v) is 3.29. The summed E-state index contributed by atoms with van der Waals surface area (Å²) in [6.07, 6.45) is 1.72. The number of carbonyl (C=O) groups excluding carboxylic acids is 2. The Morgan fingerprint density at radius 2 is 1.83 bits per heavy atom. The SMILES string of the molecule is CSC(=NC(=O)NCc1ccc(Cl)cc1)NC(=O)NC(C)(C)C. The summed E-state index contributed by atoms with van der Waals surface area (Å²) in [4.78, 5) is 27.4. The Labute approximate surface area is 145 Å². The van der Waals surface area contributed by atoms with E-state index in [0.717, 1.165) is 5.56 Å². The Kier molecular flexibility index (Phi) is 7.38. The molecule has 3 N–H and O–H groups in total. The van der Waals surface area contributed by atoms with Gasteiger partial charge in [0.1, 0.15) is 0 Å². The molecule has 0 saturated heterocycles. The molecule has 0 unspecified atom stereocenters. The molecule has 8 heteroatoms. The minimum atomic E-state index is -0.527. The Morgan fingerprint density at radius 3 is 2.35 bits per heavy atom. The van der Waals surface area contributed by atoms with Gasteiger partial charge >= 0.3 is 12.1 Å². The van der Waals surface area contributed by atoms with Crippen LogP contribution in [0.3, 0.4) is 0 Å². The number of rotatable bonds is 2. The minimum absolute atomic E-state index is 0.223. The van der Waals surface area contributed by atoms with Crippen LogP contribution in [0.1, 0.15) is 26.3 Å². The van der Waals surface area contributed by atoms with Crippen molar-refractivity contribution < 1.29 is 9.59 Å². The molecule has 0 aliphatic carbocycles. The monoisotopic (exact) mass is 356 g/mol. The predicted molar refractivity (Wildman–Crippen MR) is 96.1 cm³/mol. The Morgan fingerprint density at radius 1 is 1.22 bits per heavy atom. The van der Waals surface area contributed by atoms with Crippen molar-refractivity contribution >= 4 is 40.6 Å². The lowest BCUT2D eigenvalue weighted by Gasteiger charge is -2.20. The van der Waals surface area contributed by atoms with Crippen molar-refractivity contribution in [3.8, 4) is 0 Å². The number of hydrogen-bond acceptors (Lipinski definition) is 3. The van der Waals surface area contributed by atoms with Gasteiger partial charge in [0.15, 0.2) is 5.17 Å². The van der Waals surface area contributed by atoms with Gasteiger partial charge in [0.2, 0.25) is 0 Å². The lowest BCUT2D eigenvalue weighted by Crippen LogP contribution is -2.47. The van der Waals surface area contributed by atoms with Crippen LogP contribution in [-0.4, -0.2) is 29.0 Å².